The molecule has 1 atom stereocenters. The van der Waals surface area contributed by atoms with E-state index in [0.717, 1.165) is 17.7 Å². The van der Waals surface area contributed by atoms with Gasteiger partial charge in [-0.3, -0.25) is 10.3 Å². The number of hydrogen-bond acceptors (Lipinski definition) is 4. The van der Waals surface area contributed by atoms with E-state index in [9.17, 15) is 10.3 Å². The van der Waals surface area contributed by atoms with Crippen molar-refractivity contribution in [2.24, 2.45) is 0 Å². The van der Waals surface area contributed by atoms with Crippen LogP contribution in [-0.4, -0.2) is 28.0 Å². The maximum absolute atomic E-state index is 9.66. The van der Waals surface area contributed by atoms with Crippen LogP contribution in [0, 0.1) is 11.3 Å². The highest BCUT2D eigenvalue weighted by atomic mass is 16.5. The molecule has 0 saturated heterocycles. The van der Waals surface area contributed by atoms with Gasteiger partial charge in [0.05, 0.1) is 23.4 Å². The zero-order valence-electron chi connectivity index (χ0n) is 7.99. The summed E-state index contributed by atoms with van der Waals surface area (Å²) in [5, 5.41) is 29.2. The fourth-order valence-electron chi connectivity index (χ4n) is 2.18. The maximum Gasteiger partial charge on any atom is 0.0978 e. The van der Waals surface area contributed by atoms with Gasteiger partial charge >= 0.3 is 0 Å². The molecule has 74 valence electrons. The zero-order chi connectivity index (χ0) is 10.3. The van der Waals surface area contributed by atoms with Crippen molar-refractivity contribution in [2.75, 3.05) is 6.54 Å². The molecule has 14 heavy (non-hydrogen) atoms. The average Bonchev–Trinajstić information content (AvgIpc) is 2.48. The third-order valence-electron chi connectivity index (χ3n) is 2.87. The lowest BCUT2D eigenvalue weighted by Crippen LogP contribution is -2.22. The van der Waals surface area contributed by atoms with E-state index in [1.807, 2.05) is 6.07 Å². The summed E-state index contributed by atoms with van der Waals surface area (Å²) in [4.78, 5) is 0. The number of aliphatic hydroxyl groups excluding tert-OH is 1. The molecule has 1 unspecified atom stereocenters. The first-order valence-electron chi connectivity index (χ1n) is 4.63. The summed E-state index contributed by atoms with van der Waals surface area (Å²) in [5.74, 6) is 0. The molecule has 0 bridgehead atoms. The SMILES string of the molecule is CC1=C(C#N)C(O)CC2=C1N(O)CC2. The number of rotatable bonds is 0. The van der Waals surface area contributed by atoms with Crippen molar-refractivity contribution >= 4 is 0 Å². The van der Waals surface area contributed by atoms with Crippen molar-refractivity contribution in [3.05, 3.63) is 22.4 Å². The minimum atomic E-state index is -0.690. The van der Waals surface area contributed by atoms with Crippen LogP contribution < -0.4 is 0 Å². The van der Waals surface area contributed by atoms with Crippen molar-refractivity contribution in [1.29, 1.82) is 5.26 Å². The third-order valence-corrected chi connectivity index (χ3v) is 2.87. The topological polar surface area (TPSA) is 67.5 Å². The Morgan fingerprint density at radius 2 is 2.29 bits per heavy atom. The van der Waals surface area contributed by atoms with Gasteiger partial charge in [-0.2, -0.15) is 5.26 Å². The molecule has 2 N–H and O–H groups in total. The normalized spacial score (nSPS) is 26.7. The van der Waals surface area contributed by atoms with Crippen LogP contribution in [0.5, 0.6) is 0 Å². The van der Waals surface area contributed by atoms with Gasteiger partial charge in [0.25, 0.3) is 0 Å². The molecule has 0 amide bonds. The fraction of sp³-hybridized carbons (Fsp3) is 0.500. The van der Waals surface area contributed by atoms with E-state index in [4.69, 9.17) is 5.26 Å². The van der Waals surface area contributed by atoms with Crippen LogP contribution in [0.25, 0.3) is 0 Å². The van der Waals surface area contributed by atoms with Crippen LogP contribution in [0.2, 0.25) is 0 Å². The Labute approximate surface area is 82.3 Å². The molecule has 0 aromatic heterocycles. The first kappa shape index (κ1) is 9.25. The molecule has 0 fully saturated rings. The summed E-state index contributed by atoms with van der Waals surface area (Å²) in [7, 11) is 0. The van der Waals surface area contributed by atoms with E-state index >= 15 is 0 Å². The molecule has 1 heterocycles. The molecular weight excluding hydrogens is 180 g/mol. The molecule has 0 aromatic carbocycles. The lowest BCUT2D eigenvalue weighted by atomic mass is 9.89. The summed E-state index contributed by atoms with van der Waals surface area (Å²) in [6.45, 7) is 2.33. The van der Waals surface area contributed by atoms with Gasteiger partial charge in [0, 0.05) is 13.0 Å². The van der Waals surface area contributed by atoms with Gasteiger partial charge < -0.3 is 5.11 Å². The van der Waals surface area contributed by atoms with Gasteiger partial charge in [0.1, 0.15) is 0 Å². The number of nitrogens with zero attached hydrogens (tertiary/aromatic N) is 2. The molecule has 0 aromatic rings. The first-order chi connectivity index (χ1) is 6.65. The highest BCUT2D eigenvalue weighted by molar-refractivity contribution is 5.49. The highest BCUT2D eigenvalue weighted by Crippen LogP contribution is 2.37. The van der Waals surface area contributed by atoms with Crippen molar-refractivity contribution in [3.63, 3.8) is 0 Å². The van der Waals surface area contributed by atoms with E-state index in [1.165, 1.54) is 5.06 Å². The summed E-state index contributed by atoms with van der Waals surface area (Å²) < 4.78 is 0. The van der Waals surface area contributed by atoms with Crippen LogP contribution in [-0.2, 0) is 0 Å². The van der Waals surface area contributed by atoms with Crippen LogP contribution in [0.3, 0.4) is 0 Å². The second-order valence-electron chi connectivity index (χ2n) is 3.70. The molecule has 4 nitrogen and oxygen atoms in total. The predicted molar refractivity (Wildman–Crippen MR) is 49.1 cm³/mol. The van der Waals surface area contributed by atoms with E-state index < -0.39 is 6.10 Å². The number of nitriles is 1. The van der Waals surface area contributed by atoms with Gasteiger partial charge in [-0.1, -0.05) is 0 Å². The van der Waals surface area contributed by atoms with Crippen LogP contribution in [0.1, 0.15) is 19.8 Å². The Balaban J connectivity index is 2.49. The number of allylic oxidation sites excluding steroid dienone is 1. The van der Waals surface area contributed by atoms with E-state index in [2.05, 4.69) is 0 Å². The van der Waals surface area contributed by atoms with Crippen LogP contribution in [0.15, 0.2) is 22.4 Å². The molecule has 1 aliphatic heterocycles. The zero-order valence-corrected chi connectivity index (χ0v) is 7.99. The number of hydrogen-bond donors (Lipinski definition) is 2. The Morgan fingerprint density at radius 3 is 2.93 bits per heavy atom. The van der Waals surface area contributed by atoms with E-state index in [1.54, 1.807) is 6.92 Å². The number of aliphatic hydroxyl groups is 1. The smallest absolute Gasteiger partial charge is 0.0978 e. The Bertz CT molecular complexity index is 376. The molecule has 0 radical (unpaired) electrons. The first-order valence-corrected chi connectivity index (χ1v) is 4.63. The van der Waals surface area contributed by atoms with Crippen molar-refractivity contribution in [2.45, 2.75) is 25.9 Å². The molecular formula is C10H12N2O2. The fourth-order valence-corrected chi connectivity index (χ4v) is 2.18. The molecule has 2 aliphatic rings. The Morgan fingerprint density at radius 1 is 1.57 bits per heavy atom. The average molecular weight is 192 g/mol. The van der Waals surface area contributed by atoms with Gasteiger partial charge in [0.2, 0.25) is 0 Å². The van der Waals surface area contributed by atoms with Gasteiger partial charge in [0.15, 0.2) is 0 Å². The molecule has 0 spiro atoms. The summed E-state index contributed by atoms with van der Waals surface area (Å²) in [6.07, 6.45) is 0.566. The largest absolute Gasteiger partial charge is 0.387 e. The van der Waals surface area contributed by atoms with E-state index in [-0.39, 0.29) is 0 Å². The monoisotopic (exact) mass is 192 g/mol. The lowest BCUT2D eigenvalue weighted by molar-refractivity contribution is -0.0424. The highest BCUT2D eigenvalue weighted by Gasteiger charge is 2.31. The predicted octanol–water partition coefficient (Wildman–Crippen LogP) is 0.940. The van der Waals surface area contributed by atoms with Gasteiger partial charge in [-0.15, -0.1) is 0 Å². The van der Waals surface area contributed by atoms with Crippen molar-refractivity contribution in [3.8, 4) is 6.07 Å². The molecule has 2 rings (SSSR count). The quantitative estimate of drug-likeness (QED) is 0.599. The van der Waals surface area contributed by atoms with Crippen LogP contribution in [0.4, 0.5) is 0 Å². The number of hydroxylamine groups is 2. The molecule has 4 heteroatoms. The summed E-state index contributed by atoms with van der Waals surface area (Å²) in [6, 6.07) is 1.99. The molecule has 1 aliphatic carbocycles. The molecule has 0 saturated carbocycles. The van der Waals surface area contributed by atoms with Gasteiger partial charge in [-0.25, -0.2) is 0 Å². The van der Waals surface area contributed by atoms with Crippen molar-refractivity contribution < 1.29 is 10.3 Å². The summed E-state index contributed by atoms with van der Waals surface area (Å²) in [5.41, 5.74) is 2.88. The summed E-state index contributed by atoms with van der Waals surface area (Å²) >= 11 is 0. The standard InChI is InChI=1S/C10H12N2O2/c1-6-8(5-11)9(13)4-7-2-3-12(14)10(6)7/h9,13-14H,2-4H2,1H3. The second kappa shape index (κ2) is 3.12. The Kier molecular flexibility index (Phi) is 2.06. The minimum absolute atomic E-state index is 0.379. The Hall–Kier alpha value is -1.31. The third kappa shape index (κ3) is 1.14. The van der Waals surface area contributed by atoms with Gasteiger partial charge in [-0.05, 0) is 24.5 Å². The van der Waals surface area contributed by atoms with Crippen LogP contribution >= 0.6 is 0 Å². The minimum Gasteiger partial charge on any atom is -0.387 e. The lowest BCUT2D eigenvalue weighted by Gasteiger charge is -2.23. The van der Waals surface area contributed by atoms with E-state index in [0.29, 0.717) is 24.1 Å². The maximum atomic E-state index is 9.66. The second-order valence-corrected chi connectivity index (χ2v) is 3.70. The van der Waals surface area contributed by atoms with Crippen molar-refractivity contribution in [1.82, 2.24) is 5.06 Å².